The van der Waals surface area contributed by atoms with Crippen LogP contribution in [0, 0.1) is 29.1 Å². The largest absolute Gasteiger partial charge is 0.384 e. The second-order valence-corrected chi connectivity index (χ2v) is 9.74. The molecule has 6 rings (SSSR count). The fourth-order valence-electron chi connectivity index (χ4n) is 6.52. The molecule has 0 aromatic heterocycles. The molecule has 31 heavy (non-hydrogen) atoms. The van der Waals surface area contributed by atoms with Gasteiger partial charge in [-0.1, -0.05) is 60.7 Å². The Morgan fingerprint density at radius 3 is 1.84 bits per heavy atom. The molecule has 0 heterocycles. The summed E-state index contributed by atoms with van der Waals surface area (Å²) in [6, 6.07) is 21.6. The van der Waals surface area contributed by atoms with E-state index in [1.54, 1.807) is 6.20 Å². The van der Waals surface area contributed by atoms with Crippen molar-refractivity contribution in [3.8, 4) is 6.07 Å². The summed E-state index contributed by atoms with van der Waals surface area (Å²) in [6.07, 6.45) is 9.31. The number of nitriles is 1. The van der Waals surface area contributed by atoms with Crippen LogP contribution in [0.2, 0.25) is 0 Å². The quantitative estimate of drug-likeness (QED) is 0.527. The third kappa shape index (κ3) is 4.10. The molecule has 4 aliphatic carbocycles. The van der Waals surface area contributed by atoms with Crippen LogP contribution >= 0.6 is 0 Å². The van der Waals surface area contributed by atoms with Crippen LogP contribution < -0.4 is 10.6 Å². The lowest BCUT2D eigenvalue weighted by atomic mass is 9.53. The number of nitrogens with zero attached hydrogens (tertiary/aromatic N) is 1. The van der Waals surface area contributed by atoms with Crippen molar-refractivity contribution in [2.45, 2.75) is 50.1 Å². The van der Waals surface area contributed by atoms with Gasteiger partial charge in [-0.05, 0) is 67.4 Å². The first-order valence-electron chi connectivity index (χ1n) is 11.4. The van der Waals surface area contributed by atoms with E-state index < -0.39 is 0 Å². The molecule has 0 unspecified atom stereocenters. The summed E-state index contributed by atoms with van der Waals surface area (Å²) in [4.78, 5) is 13.1. The van der Waals surface area contributed by atoms with Crippen molar-refractivity contribution in [2.24, 2.45) is 17.8 Å². The molecule has 1 amide bonds. The second-order valence-electron chi connectivity index (χ2n) is 9.74. The van der Waals surface area contributed by atoms with Gasteiger partial charge in [0.1, 0.15) is 11.6 Å². The molecule has 2 N–H and O–H groups in total. The Kier molecular flexibility index (Phi) is 5.28. The van der Waals surface area contributed by atoms with Crippen LogP contribution in [0.4, 0.5) is 0 Å². The van der Waals surface area contributed by atoms with Crippen molar-refractivity contribution in [3.63, 3.8) is 0 Å². The Hall–Kier alpha value is -3.06. The summed E-state index contributed by atoms with van der Waals surface area (Å²) in [5, 5.41) is 16.4. The molecular formula is C27H29N3O. The minimum atomic E-state index is -0.336. The molecule has 0 aliphatic heterocycles. The average Bonchev–Trinajstić information content (AvgIpc) is 2.78. The van der Waals surface area contributed by atoms with Crippen molar-refractivity contribution < 1.29 is 4.79 Å². The van der Waals surface area contributed by atoms with Crippen LogP contribution in [0.15, 0.2) is 72.4 Å². The highest BCUT2D eigenvalue weighted by Gasteiger charge is 2.50. The molecule has 2 aromatic rings. The molecule has 4 heteroatoms. The zero-order valence-corrected chi connectivity index (χ0v) is 17.8. The Morgan fingerprint density at radius 2 is 1.39 bits per heavy atom. The van der Waals surface area contributed by atoms with Gasteiger partial charge in [0.2, 0.25) is 0 Å². The minimum absolute atomic E-state index is 0.0788. The van der Waals surface area contributed by atoms with Crippen molar-refractivity contribution in [1.82, 2.24) is 10.6 Å². The first-order valence-corrected chi connectivity index (χ1v) is 11.4. The van der Waals surface area contributed by atoms with Gasteiger partial charge in [-0.15, -0.1) is 0 Å². The predicted octanol–water partition coefficient (Wildman–Crippen LogP) is 4.86. The highest BCUT2D eigenvalue weighted by atomic mass is 16.1. The minimum Gasteiger partial charge on any atom is -0.384 e. The van der Waals surface area contributed by atoms with E-state index in [2.05, 4.69) is 16.7 Å². The number of rotatable bonds is 6. The van der Waals surface area contributed by atoms with E-state index >= 15 is 0 Å². The van der Waals surface area contributed by atoms with Crippen molar-refractivity contribution in [1.29, 1.82) is 5.26 Å². The number of amides is 1. The smallest absolute Gasteiger partial charge is 0.264 e. The van der Waals surface area contributed by atoms with Gasteiger partial charge >= 0.3 is 0 Å². The number of nitrogens with one attached hydrogen (secondary N) is 2. The van der Waals surface area contributed by atoms with E-state index in [0.717, 1.165) is 28.9 Å². The van der Waals surface area contributed by atoms with Gasteiger partial charge in [0.05, 0.1) is 6.04 Å². The number of carbonyl (C=O) groups excluding carboxylic acids is 1. The molecule has 0 radical (unpaired) electrons. The first kappa shape index (κ1) is 19.9. The molecule has 2 aromatic carbocycles. The number of hydrogen-bond donors (Lipinski definition) is 2. The third-order valence-electron chi connectivity index (χ3n) is 7.47. The molecule has 0 atom stereocenters. The average molecular weight is 412 g/mol. The second kappa shape index (κ2) is 8.23. The molecule has 4 nitrogen and oxygen atoms in total. The normalized spacial score (nSPS) is 28.9. The highest BCUT2D eigenvalue weighted by Crippen LogP contribution is 2.55. The summed E-state index contributed by atoms with van der Waals surface area (Å²) >= 11 is 0. The summed E-state index contributed by atoms with van der Waals surface area (Å²) < 4.78 is 0. The summed E-state index contributed by atoms with van der Waals surface area (Å²) in [6.45, 7) is 0. The third-order valence-corrected chi connectivity index (χ3v) is 7.47. The maximum Gasteiger partial charge on any atom is 0.264 e. The van der Waals surface area contributed by atoms with Gasteiger partial charge in [-0.3, -0.25) is 4.79 Å². The maximum atomic E-state index is 13.1. The van der Waals surface area contributed by atoms with Crippen molar-refractivity contribution in [3.05, 3.63) is 83.6 Å². The van der Waals surface area contributed by atoms with E-state index in [1.807, 2.05) is 60.7 Å². The van der Waals surface area contributed by atoms with Crippen LogP contribution in [0.25, 0.3) is 0 Å². The van der Waals surface area contributed by atoms with Gasteiger partial charge in [0.15, 0.2) is 0 Å². The molecule has 4 saturated carbocycles. The fraction of sp³-hybridized carbons (Fsp3) is 0.407. The molecule has 4 fully saturated rings. The number of hydrogen-bond acceptors (Lipinski definition) is 3. The maximum absolute atomic E-state index is 13.1. The molecular weight excluding hydrogens is 382 g/mol. The van der Waals surface area contributed by atoms with Crippen LogP contribution in [-0.4, -0.2) is 11.4 Å². The standard InChI is InChI=1S/C27H29N3O/c28-17-24(18-29-27-14-19-11-20(15-27)13-21(12-19)16-27)26(31)30-25(22-7-3-1-4-8-22)23-9-5-2-6-10-23/h1-10,18-21,25,29H,11-16H2,(H,30,31)/b24-18-. The summed E-state index contributed by atoms with van der Waals surface area (Å²) in [5.74, 6) is 2.10. The monoisotopic (exact) mass is 411 g/mol. The fourth-order valence-corrected chi connectivity index (χ4v) is 6.52. The van der Waals surface area contributed by atoms with Crippen LogP contribution in [0.1, 0.15) is 55.7 Å². The van der Waals surface area contributed by atoms with E-state index in [9.17, 15) is 10.1 Å². The van der Waals surface area contributed by atoms with Crippen LogP contribution in [0.3, 0.4) is 0 Å². The van der Waals surface area contributed by atoms with E-state index in [0.29, 0.717) is 0 Å². The van der Waals surface area contributed by atoms with Gasteiger partial charge in [-0.25, -0.2) is 0 Å². The lowest BCUT2D eigenvalue weighted by Gasteiger charge is -2.56. The molecule has 4 aliphatic rings. The SMILES string of the molecule is N#C/C(=C/NC12CC3CC(CC(C3)C1)C2)C(=O)NC(c1ccccc1)c1ccccc1. The van der Waals surface area contributed by atoms with Gasteiger partial charge in [0, 0.05) is 11.7 Å². The van der Waals surface area contributed by atoms with Crippen molar-refractivity contribution >= 4 is 5.91 Å². The Labute approximate surface area is 184 Å². The molecule has 158 valence electrons. The number of carbonyl (C=O) groups is 1. The van der Waals surface area contributed by atoms with Gasteiger partial charge < -0.3 is 10.6 Å². The lowest BCUT2D eigenvalue weighted by Crippen LogP contribution is -2.57. The van der Waals surface area contributed by atoms with Crippen molar-refractivity contribution in [2.75, 3.05) is 0 Å². The zero-order valence-electron chi connectivity index (χ0n) is 17.8. The van der Waals surface area contributed by atoms with Crippen LogP contribution in [-0.2, 0) is 4.79 Å². The topological polar surface area (TPSA) is 64.9 Å². The summed E-state index contributed by atoms with van der Waals surface area (Å²) in [5.41, 5.74) is 2.21. The van der Waals surface area contributed by atoms with E-state index in [1.165, 1.54) is 38.5 Å². The Balaban J connectivity index is 1.34. The van der Waals surface area contributed by atoms with Crippen LogP contribution in [0.5, 0.6) is 0 Å². The zero-order chi connectivity index (χ0) is 21.3. The Bertz CT molecular complexity index is 931. The Morgan fingerprint density at radius 1 is 0.903 bits per heavy atom. The first-order chi connectivity index (χ1) is 15.1. The lowest BCUT2D eigenvalue weighted by molar-refractivity contribution is -0.117. The predicted molar refractivity (Wildman–Crippen MR) is 121 cm³/mol. The molecule has 4 bridgehead atoms. The van der Waals surface area contributed by atoms with Gasteiger partial charge in [0.25, 0.3) is 5.91 Å². The highest BCUT2D eigenvalue weighted by molar-refractivity contribution is 5.97. The molecule has 0 spiro atoms. The summed E-state index contributed by atoms with van der Waals surface area (Å²) in [7, 11) is 0. The van der Waals surface area contributed by atoms with Gasteiger partial charge in [-0.2, -0.15) is 5.26 Å². The van der Waals surface area contributed by atoms with E-state index in [-0.39, 0.29) is 23.1 Å². The number of benzene rings is 2. The van der Waals surface area contributed by atoms with E-state index in [4.69, 9.17) is 0 Å². The molecule has 0 saturated heterocycles.